The van der Waals surface area contributed by atoms with E-state index in [1.54, 1.807) is 6.20 Å². The summed E-state index contributed by atoms with van der Waals surface area (Å²) in [6.45, 7) is -2.55. The Kier molecular flexibility index (Phi) is 5.85. The number of nitrogens with zero attached hydrogens (tertiary/aromatic N) is 1. The molecule has 1 aromatic heterocycles. The summed E-state index contributed by atoms with van der Waals surface area (Å²) in [6, 6.07) is 9.59. The van der Waals surface area contributed by atoms with E-state index < -0.39 is 6.61 Å². The molecule has 0 saturated carbocycles. The summed E-state index contributed by atoms with van der Waals surface area (Å²) < 4.78 is 33.8. The summed E-state index contributed by atoms with van der Waals surface area (Å²) in [5, 5.41) is 2.74. The average Bonchev–Trinajstić information content (AvgIpc) is 2.55. The maximum atomic E-state index is 12.3. The van der Waals surface area contributed by atoms with Gasteiger partial charge in [0, 0.05) is 30.4 Å². The van der Waals surface area contributed by atoms with Gasteiger partial charge in [0.25, 0.3) is 5.91 Å². The lowest BCUT2D eigenvalue weighted by Crippen LogP contribution is -2.25. The highest BCUT2D eigenvalue weighted by Gasteiger charge is 2.14. The van der Waals surface area contributed by atoms with Gasteiger partial charge in [-0.2, -0.15) is 8.78 Å². The number of amides is 1. The van der Waals surface area contributed by atoms with E-state index in [2.05, 4.69) is 15.0 Å². The van der Waals surface area contributed by atoms with Gasteiger partial charge < -0.3 is 14.8 Å². The Labute approximate surface area is 132 Å². The molecule has 0 aliphatic rings. The van der Waals surface area contributed by atoms with Crippen molar-refractivity contribution in [2.45, 2.75) is 13.0 Å². The predicted octanol–water partition coefficient (Wildman–Crippen LogP) is 2.66. The van der Waals surface area contributed by atoms with E-state index in [9.17, 15) is 13.6 Å². The number of alkyl halides is 2. The van der Waals surface area contributed by atoms with Gasteiger partial charge in [-0.05, 0) is 30.3 Å². The highest BCUT2D eigenvalue weighted by atomic mass is 19.3. The molecular weight excluding hydrogens is 306 g/mol. The number of carbonyl (C=O) groups excluding carboxylic acids is 1. The predicted molar refractivity (Wildman–Crippen MR) is 79.9 cm³/mol. The molecule has 1 heterocycles. The fourth-order valence-corrected chi connectivity index (χ4v) is 1.95. The summed E-state index contributed by atoms with van der Waals surface area (Å²) in [6.07, 6.45) is 2.28. The molecule has 0 aliphatic heterocycles. The SMILES string of the molecule is COc1cc(C(=O)NCCc2ccccn2)ccc1OC(F)F. The van der Waals surface area contributed by atoms with Crippen molar-refractivity contribution in [3.63, 3.8) is 0 Å². The van der Waals surface area contributed by atoms with Gasteiger partial charge >= 0.3 is 6.61 Å². The highest BCUT2D eigenvalue weighted by molar-refractivity contribution is 5.94. The molecule has 23 heavy (non-hydrogen) atoms. The van der Waals surface area contributed by atoms with E-state index in [4.69, 9.17) is 4.74 Å². The second-order valence-corrected chi connectivity index (χ2v) is 4.57. The zero-order valence-electron chi connectivity index (χ0n) is 12.5. The maximum absolute atomic E-state index is 12.3. The van der Waals surface area contributed by atoms with Gasteiger partial charge in [-0.1, -0.05) is 6.07 Å². The molecule has 1 amide bonds. The fourth-order valence-electron chi connectivity index (χ4n) is 1.95. The Morgan fingerprint density at radius 1 is 1.26 bits per heavy atom. The standard InChI is InChI=1S/C16H16F2N2O3/c1-22-14-10-11(5-6-13(14)23-16(17)18)15(21)20-9-7-12-4-2-3-8-19-12/h2-6,8,10,16H,7,9H2,1H3,(H,20,21). The third-order valence-corrected chi connectivity index (χ3v) is 3.03. The van der Waals surface area contributed by atoms with E-state index in [-0.39, 0.29) is 17.4 Å². The van der Waals surface area contributed by atoms with Crippen molar-refractivity contribution in [2.24, 2.45) is 0 Å². The molecular formula is C16H16F2N2O3. The van der Waals surface area contributed by atoms with E-state index in [1.807, 2.05) is 18.2 Å². The Balaban J connectivity index is 1.96. The lowest BCUT2D eigenvalue weighted by molar-refractivity contribution is -0.0512. The normalized spacial score (nSPS) is 10.4. The summed E-state index contributed by atoms with van der Waals surface area (Å²) >= 11 is 0. The summed E-state index contributed by atoms with van der Waals surface area (Å²) in [5.74, 6) is -0.377. The quantitative estimate of drug-likeness (QED) is 0.851. The van der Waals surface area contributed by atoms with Gasteiger partial charge in [0.2, 0.25) is 0 Å². The number of ether oxygens (including phenoxy) is 2. The van der Waals surface area contributed by atoms with E-state index in [1.165, 1.54) is 25.3 Å². The first-order valence-corrected chi connectivity index (χ1v) is 6.91. The number of carbonyl (C=O) groups is 1. The van der Waals surface area contributed by atoms with Crippen molar-refractivity contribution < 1.29 is 23.0 Å². The molecule has 1 aromatic carbocycles. The smallest absolute Gasteiger partial charge is 0.387 e. The summed E-state index contributed by atoms with van der Waals surface area (Å²) in [7, 11) is 1.32. The van der Waals surface area contributed by atoms with Gasteiger partial charge in [0.1, 0.15) is 0 Å². The lowest BCUT2D eigenvalue weighted by Gasteiger charge is -2.11. The van der Waals surface area contributed by atoms with E-state index in [0.29, 0.717) is 18.5 Å². The van der Waals surface area contributed by atoms with Crippen LogP contribution < -0.4 is 14.8 Å². The Hall–Kier alpha value is -2.70. The Bertz CT molecular complexity index is 651. The molecule has 0 radical (unpaired) electrons. The van der Waals surface area contributed by atoms with Gasteiger partial charge in [-0.3, -0.25) is 9.78 Å². The monoisotopic (exact) mass is 322 g/mol. The minimum absolute atomic E-state index is 0.0719. The first-order valence-electron chi connectivity index (χ1n) is 6.91. The van der Waals surface area contributed by atoms with Gasteiger partial charge in [0.15, 0.2) is 11.5 Å². The van der Waals surface area contributed by atoms with Crippen LogP contribution in [0.15, 0.2) is 42.6 Å². The van der Waals surface area contributed by atoms with Gasteiger partial charge in [-0.25, -0.2) is 0 Å². The second-order valence-electron chi connectivity index (χ2n) is 4.57. The number of rotatable bonds is 7. The van der Waals surface area contributed by atoms with Crippen LogP contribution in [-0.2, 0) is 6.42 Å². The molecule has 5 nitrogen and oxygen atoms in total. The van der Waals surface area contributed by atoms with Gasteiger partial charge in [-0.15, -0.1) is 0 Å². The topological polar surface area (TPSA) is 60.5 Å². The summed E-state index contributed by atoms with van der Waals surface area (Å²) in [5.41, 5.74) is 1.16. The van der Waals surface area contributed by atoms with Crippen LogP contribution >= 0.6 is 0 Å². The average molecular weight is 322 g/mol. The molecule has 2 aromatic rings. The number of halogens is 2. The molecule has 0 fully saturated rings. The number of hydrogen-bond donors (Lipinski definition) is 1. The van der Waals surface area contributed by atoms with E-state index in [0.717, 1.165) is 5.69 Å². The van der Waals surface area contributed by atoms with Crippen molar-refractivity contribution in [3.05, 3.63) is 53.9 Å². The number of pyridine rings is 1. The minimum Gasteiger partial charge on any atom is -0.493 e. The number of benzene rings is 1. The second kappa shape index (κ2) is 8.07. The van der Waals surface area contributed by atoms with Crippen LogP contribution in [0.1, 0.15) is 16.1 Å². The molecule has 0 atom stereocenters. The number of hydrogen-bond acceptors (Lipinski definition) is 4. The molecule has 0 aliphatic carbocycles. The number of aromatic nitrogens is 1. The van der Waals surface area contributed by atoms with Crippen LogP contribution in [0.4, 0.5) is 8.78 Å². The molecule has 7 heteroatoms. The molecule has 0 spiro atoms. The molecule has 2 rings (SSSR count). The van der Waals surface area contributed by atoms with Gasteiger partial charge in [0.05, 0.1) is 7.11 Å². The molecule has 1 N–H and O–H groups in total. The van der Waals surface area contributed by atoms with Crippen LogP contribution in [0.2, 0.25) is 0 Å². The fraction of sp³-hybridized carbons (Fsp3) is 0.250. The summed E-state index contributed by atoms with van der Waals surface area (Å²) in [4.78, 5) is 16.2. The van der Waals surface area contributed by atoms with Crippen LogP contribution in [-0.4, -0.2) is 31.2 Å². The highest BCUT2D eigenvalue weighted by Crippen LogP contribution is 2.29. The van der Waals surface area contributed by atoms with Crippen LogP contribution in [0.5, 0.6) is 11.5 Å². The van der Waals surface area contributed by atoms with Crippen LogP contribution in [0.3, 0.4) is 0 Å². The number of methoxy groups -OCH3 is 1. The van der Waals surface area contributed by atoms with Crippen molar-refractivity contribution in [3.8, 4) is 11.5 Å². The third-order valence-electron chi connectivity index (χ3n) is 3.03. The van der Waals surface area contributed by atoms with E-state index >= 15 is 0 Å². The van der Waals surface area contributed by atoms with Crippen molar-refractivity contribution in [1.82, 2.24) is 10.3 Å². The zero-order valence-corrected chi connectivity index (χ0v) is 12.5. The Morgan fingerprint density at radius 2 is 2.09 bits per heavy atom. The molecule has 0 saturated heterocycles. The van der Waals surface area contributed by atoms with Crippen LogP contribution in [0.25, 0.3) is 0 Å². The van der Waals surface area contributed by atoms with Crippen molar-refractivity contribution in [2.75, 3.05) is 13.7 Å². The molecule has 122 valence electrons. The zero-order chi connectivity index (χ0) is 16.7. The third kappa shape index (κ3) is 4.91. The first-order chi connectivity index (χ1) is 11.1. The molecule has 0 bridgehead atoms. The number of nitrogens with one attached hydrogen (secondary N) is 1. The van der Waals surface area contributed by atoms with Crippen molar-refractivity contribution >= 4 is 5.91 Å². The molecule has 0 unspecified atom stereocenters. The minimum atomic E-state index is -2.96. The van der Waals surface area contributed by atoms with Crippen LogP contribution in [0, 0.1) is 0 Å². The largest absolute Gasteiger partial charge is 0.493 e. The maximum Gasteiger partial charge on any atom is 0.387 e. The lowest BCUT2D eigenvalue weighted by atomic mass is 10.2. The first kappa shape index (κ1) is 16.7. The Morgan fingerprint density at radius 3 is 2.74 bits per heavy atom. The van der Waals surface area contributed by atoms with Crippen molar-refractivity contribution in [1.29, 1.82) is 0 Å².